The third-order valence-corrected chi connectivity index (χ3v) is 1.88. The van der Waals surface area contributed by atoms with Crippen LogP contribution in [-0.2, 0) is 0 Å². The molecule has 0 aromatic carbocycles. The van der Waals surface area contributed by atoms with Gasteiger partial charge in [-0.05, 0) is 24.9 Å². The number of rotatable bonds is 5. The normalized spacial score (nSPS) is 11.6. The Hall–Kier alpha value is -0.420. The average Bonchev–Trinajstić information content (AvgIpc) is 2.04. The largest absolute Gasteiger partial charge is 0.369 e. The SMILES string of the molecule is CSCCCCN=C(N)NN. The highest BCUT2D eigenvalue weighted by Crippen LogP contribution is 1.98. The first-order chi connectivity index (χ1) is 5.31. The number of nitrogens with two attached hydrogens (primary N) is 2. The van der Waals surface area contributed by atoms with Crippen molar-refractivity contribution in [3.63, 3.8) is 0 Å². The molecule has 0 radical (unpaired) electrons. The molecule has 0 spiro atoms. The molecule has 0 aliphatic heterocycles. The Labute approximate surface area is 71.8 Å². The van der Waals surface area contributed by atoms with Crippen molar-refractivity contribution in [2.45, 2.75) is 12.8 Å². The second-order valence-electron chi connectivity index (χ2n) is 2.11. The zero-order chi connectivity index (χ0) is 8.53. The molecule has 66 valence electrons. The molecule has 0 atom stereocenters. The molecule has 4 nitrogen and oxygen atoms in total. The van der Waals surface area contributed by atoms with Gasteiger partial charge in [-0.1, -0.05) is 0 Å². The topological polar surface area (TPSA) is 76.4 Å². The van der Waals surface area contributed by atoms with Gasteiger partial charge in [-0.15, -0.1) is 0 Å². The molecular weight excluding hydrogens is 160 g/mol. The molecule has 0 amide bonds. The first-order valence-electron chi connectivity index (χ1n) is 3.56. The number of nitrogens with zero attached hydrogens (tertiary/aromatic N) is 1. The molecule has 0 unspecified atom stereocenters. The van der Waals surface area contributed by atoms with Gasteiger partial charge in [0.25, 0.3) is 0 Å². The zero-order valence-electron chi connectivity index (χ0n) is 6.84. The molecule has 0 heterocycles. The number of hydrogen-bond donors (Lipinski definition) is 3. The fourth-order valence-corrected chi connectivity index (χ4v) is 1.10. The van der Waals surface area contributed by atoms with E-state index in [0.29, 0.717) is 5.96 Å². The van der Waals surface area contributed by atoms with Crippen molar-refractivity contribution >= 4 is 17.7 Å². The Balaban J connectivity index is 3.12. The van der Waals surface area contributed by atoms with Gasteiger partial charge in [-0.3, -0.25) is 10.4 Å². The summed E-state index contributed by atoms with van der Waals surface area (Å²) in [6, 6.07) is 0. The molecular formula is C6H16N4S. The van der Waals surface area contributed by atoms with Crippen LogP contribution in [0, 0.1) is 0 Å². The van der Waals surface area contributed by atoms with Gasteiger partial charge in [0.1, 0.15) is 0 Å². The highest BCUT2D eigenvalue weighted by atomic mass is 32.2. The molecule has 0 rings (SSSR count). The van der Waals surface area contributed by atoms with E-state index >= 15 is 0 Å². The van der Waals surface area contributed by atoms with Crippen LogP contribution in [-0.4, -0.2) is 24.5 Å². The van der Waals surface area contributed by atoms with Crippen LogP contribution in [0.2, 0.25) is 0 Å². The van der Waals surface area contributed by atoms with Gasteiger partial charge >= 0.3 is 0 Å². The lowest BCUT2D eigenvalue weighted by atomic mass is 10.3. The van der Waals surface area contributed by atoms with E-state index in [1.165, 1.54) is 12.2 Å². The van der Waals surface area contributed by atoms with Gasteiger partial charge in [0.15, 0.2) is 0 Å². The number of unbranched alkanes of at least 4 members (excludes halogenated alkanes) is 1. The van der Waals surface area contributed by atoms with Crippen molar-refractivity contribution in [2.75, 3.05) is 18.6 Å². The number of aliphatic imine (C=N–C) groups is 1. The van der Waals surface area contributed by atoms with Gasteiger partial charge in [0.2, 0.25) is 5.96 Å². The molecule has 5 heteroatoms. The summed E-state index contributed by atoms with van der Waals surface area (Å²) in [6.07, 6.45) is 4.35. The molecule has 0 aromatic rings. The Bertz CT molecular complexity index is 115. The molecule has 0 aliphatic rings. The maximum Gasteiger partial charge on any atom is 0.203 e. The van der Waals surface area contributed by atoms with E-state index in [-0.39, 0.29) is 0 Å². The summed E-state index contributed by atoms with van der Waals surface area (Å²) < 4.78 is 0. The third kappa shape index (κ3) is 7.48. The van der Waals surface area contributed by atoms with Crippen molar-refractivity contribution in [2.24, 2.45) is 16.6 Å². The minimum Gasteiger partial charge on any atom is -0.369 e. The maximum absolute atomic E-state index is 5.30. The molecule has 5 N–H and O–H groups in total. The second kappa shape index (κ2) is 7.68. The Morgan fingerprint density at radius 2 is 2.27 bits per heavy atom. The summed E-state index contributed by atoms with van der Waals surface area (Å²) >= 11 is 1.85. The van der Waals surface area contributed by atoms with Crippen molar-refractivity contribution in [1.29, 1.82) is 0 Å². The smallest absolute Gasteiger partial charge is 0.203 e. The average molecular weight is 176 g/mol. The number of hydrazine groups is 1. The number of guanidine groups is 1. The Kier molecular flexibility index (Phi) is 7.39. The van der Waals surface area contributed by atoms with E-state index in [0.717, 1.165) is 13.0 Å². The first kappa shape index (κ1) is 10.6. The van der Waals surface area contributed by atoms with Crippen LogP contribution >= 0.6 is 11.8 Å². The quantitative estimate of drug-likeness (QED) is 0.180. The third-order valence-electron chi connectivity index (χ3n) is 1.19. The van der Waals surface area contributed by atoms with Crippen molar-refractivity contribution < 1.29 is 0 Å². The van der Waals surface area contributed by atoms with Gasteiger partial charge in [0, 0.05) is 6.54 Å². The van der Waals surface area contributed by atoms with E-state index in [4.69, 9.17) is 11.6 Å². The highest BCUT2D eigenvalue weighted by Gasteiger charge is 1.87. The van der Waals surface area contributed by atoms with Crippen molar-refractivity contribution in [1.82, 2.24) is 5.43 Å². The number of thioether (sulfide) groups is 1. The van der Waals surface area contributed by atoms with Crippen LogP contribution in [0.25, 0.3) is 0 Å². The van der Waals surface area contributed by atoms with Crippen molar-refractivity contribution in [3.05, 3.63) is 0 Å². The minimum atomic E-state index is 0.314. The molecule has 0 saturated carbocycles. The second-order valence-corrected chi connectivity index (χ2v) is 3.10. The molecule has 0 saturated heterocycles. The van der Waals surface area contributed by atoms with E-state index in [1.54, 1.807) is 0 Å². The Morgan fingerprint density at radius 3 is 2.82 bits per heavy atom. The van der Waals surface area contributed by atoms with Gasteiger partial charge in [0.05, 0.1) is 0 Å². The molecule has 0 bridgehead atoms. The number of hydrogen-bond acceptors (Lipinski definition) is 3. The van der Waals surface area contributed by atoms with Gasteiger partial charge in [-0.2, -0.15) is 11.8 Å². The predicted octanol–water partition coefficient (Wildman–Crippen LogP) is -0.0924. The lowest BCUT2D eigenvalue weighted by molar-refractivity contribution is 0.807. The van der Waals surface area contributed by atoms with Crippen LogP contribution in [0.5, 0.6) is 0 Å². The zero-order valence-corrected chi connectivity index (χ0v) is 7.66. The van der Waals surface area contributed by atoms with Crippen LogP contribution in [0.3, 0.4) is 0 Å². The molecule has 0 aliphatic carbocycles. The monoisotopic (exact) mass is 176 g/mol. The van der Waals surface area contributed by atoms with Crippen LogP contribution in [0.4, 0.5) is 0 Å². The Morgan fingerprint density at radius 1 is 1.55 bits per heavy atom. The fraction of sp³-hybridized carbons (Fsp3) is 0.833. The van der Waals surface area contributed by atoms with Gasteiger partial charge in [-0.25, -0.2) is 5.84 Å². The van der Waals surface area contributed by atoms with Crippen LogP contribution in [0.1, 0.15) is 12.8 Å². The summed E-state index contributed by atoms with van der Waals surface area (Å²) in [6.45, 7) is 0.761. The van der Waals surface area contributed by atoms with E-state index in [9.17, 15) is 0 Å². The summed E-state index contributed by atoms with van der Waals surface area (Å²) in [5.74, 6) is 6.50. The van der Waals surface area contributed by atoms with E-state index in [1.807, 2.05) is 11.8 Å². The highest BCUT2D eigenvalue weighted by molar-refractivity contribution is 7.98. The number of nitrogens with one attached hydrogen (secondary N) is 1. The molecule has 0 fully saturated rings. The van der Waals surface area contributed by atoms with Crippen LogP contribution < -0.4 is 17.0 Å². The summed E-state index contributed by atoms with van der Waals surface area (Å²) in [5.41, 5.74) is 7.57. The summed E-state index contributed by atoms with van der Waals surface area (Å²) in [5, 5.41) is 0. The first-order valence-corrected chi connectivity index (χ1v) is 4.96. The van der Waals surface area contributed by atoms with Crippen LogP contribution in [0.15, 0.2) is 4.99 Å². The predicted molar refractivity (Wildman–Crippen MR) is 51.4 cm³/mol. The summed E-state index contributed by atoms with van der Waals surface area (Å²) in [4.78, 5) is 3.96. The van der Waals surface area contributed by atoms with E-state index in [2.05, 4.69) is 16.7 Å². The maximum atomic E-state index is 5.30. The minimum absolute atomic E-state index is 0.314. The lowest BCUT2D eigenvalue weighted by Crippen LogP contribution is -2.37. The lowest BCUT2D eigenvalue weighted by Gasteiger charge is -1.97. The molecule has 11 heavy (non-hydrogen) atoms. The fourth-order valence-electron chi connectivity index (χ4n) is 0.603. The molecule has 0 aromatic heterocycles. The van der Waals surface area contributed by atoms with Gasteiger partial charge < -0.3 is 5.73 Å². The van der Waals surface area contributed by atoms with Crippen molar-refractivity contribution in [3.8, 4) is 0 Å². The van der Waals surface area contributed by atoms with E-state index < -0.39 is 0 Å². The summed E-state index contributed by atoms with van der Waals surface area (Å²) in [7, 11) is 0. The standard InChI is InChI=1S/C6H16N4S/c1-11-5-3-2-4-9-6(7)10-8/h2-5,8H2,1H3,(H3,7,9,10).